The second kappa shape index (κ2) is 6.88. The number of benzene rings is 1. The molecule has 1 unspecified atom stereocenters. The summed E-state index contributed by atoms with van der Waals surface area (Å²) in [7, 11) is 3.05. The van der Waals surface area contributed by atoms with E-state index in [9.17, 15) is 13.2 Å². The predicted octanol–water partition coefficient (Wildman–Crippen LogP) is 2.97. The minimum atomic E-state index is -4.30. The lowest BCUT2D eigenvalue weighted by atomic mass is 10.1. The fraction of sp³-hybridized carbons (Fsp3) is 0.538. The monoisotopic (exact) mass is 277 g/mol. The Kier molecular flexibility index (Phi) is 5.78. The van der Waals surface area contributed by atoms with E-state index in [-0.39, 0.29) is 12.3 Å². The average Bonchev–Trinajstić information content (AvgIpc) is 2.39. The SMILES string of the molecule is COC(CNC(C)c1ccc(C(F)(F)F)cc1)OC. The molecule has 0 aliphatic heterocycles. The van der Waals surface area contributed by atoms with Gasteiger partial charge in [0.25, 0.3) is 0 Å². The Hall–Kier alpha value is -1.11. The van der Waals surface area contributed by atoms with E-state index in [2.05, 4.69) is 5.32 Å². The van der Waals surface area contributed by atoms with Gasteiger partial charge in [-0.2, -0.15) is 13.2 Å². The number of ether oxygens (including phenoxy) is 2. The smallest absolute Gasteiger partial charge is 0.355 e. The van der Waals surface area contributed by atoms with Crippen LogP contribution < -0.4 is 5.32 Å². The first-order valence-electron chi connectivity index (χ1n) is 5.84. The van der Waals surface area contributed by atoms with Crippen molar-refractivity contribution in [2.24, 2.45) is 0 Å². The van der Waals surface area contributed by atoms with Crippen molar-refractivity contribution in [1.29, 1.82) is 0 Å². The number of nitrogens with one attached hydrogen (secondary N) is 1. The van der Waals surface area contributed by atoms with E-state index < -0.39 is 11.7 Å². The average molecular weight is 277 g/mol. The van der Waals surface area contributed by atoms with Crippen LogP contribution in [0.4, 0.5) is 13.2 Å². The molecule has 0 aromatic heterocycles. The maximum Gasteiger partial charge on any atom is 0.416 e. The molecule has 0 saturated carbocycles. The molecule has 0 aliphatic carbocycles. The van der Waals surface area contributed by atoms with E-state index in [0.717, 1.165) is 17.7 Å². The van der Waals surface area contributed by atoms with Gasteiger partial charge in [0.05, 0.1) is 5.56 Å². The van der Waals surface area contributed by atoms with Crippen LogP contribution in [0.2, 0.25) is 0 Å². The third kappa shape index (κ3) is 4.81. The van der Waals surface area contributed by atoms with Crippen molar-refractivity contribution < 1.29 is 22.6 Å². The Bertz CT molecular complexity index is 374. The Morgan fingerprint density at radius 2 is 1.63 bits per heavy atom. The largest absolute Gasteiger partial charge is 0.416 e. The van der Waals surface area contributed by atoms with Crippen molar-refractivity contribution in [3.8, 4) is 0 Å². The summed E-state index contributed by atoms with van der Waals surface area (Å²) >= 11 is 0. The molecule has 3 nitrogen and oxygen atoms in total. The van der Waals surface area contributed by atoms with Crippen LogP contribution in [0.3, 0.4) is 0 Å². The standard InChI is InChI=1S/C13H18F3NO2/c1-9(17-8-12(18-2)19-3)10-4-6-11(7-5-10)13(14,15)16/h4-7,9,12,17H,8H2,1-3H3. The highest BCUT2D eigenvalue weighted by atomic mass is 19.4. The number of rotatable bonds is 6. The molecule has 0 bridgehead atoms. The maximum atomic E-state index is 12.4. The summed E-state index contributed by atoms with van der Waals surface area (Å²) in [4.78, 5) is 0. The zero-order valence-corrected chi connectivity index (χ0v) is 11.1. The molecule has 0 amide bonds. The van der Waals surface area contributed by atoms with E-state index in [1.54, 1.807) is 0 Å². The van der Waals surface area contributed by atoms with Crippen molar-refractivity contribution in [3.05, 3.63) is 35.4 Å². The van der Waals surface area contributed by atoms with Gasteiger partial charge in [-0.1, -0.05) is 12.1 Å². The quantitative estimate of drug-likeness (QED) is 0.811. The van der Waals surface area contributed by atoms with E-state index >= 15 is 0 Å². The molecule has 1 aromatic rings. The second-order valence-corrected chi connectivity index (χ2v) is 4.15. The Labute approximate surface area is 110 Å². The zero-order valence-electron chi connectivity index (χ0n) is 11.1. The molecule has 1 aromatic carbocycles. The minimum absolute atomic E-state index is 0.0879. The molecule has 0 fully saturated rings. The molecule has 108 valence electrons. The van der Waals surface area contributed by atoms with Gasteiger partial charge < -0.3 is 14.8 Å². The summed E-state index contributed by atoms with van der Waals surface area (Å²) in [5.41, 5.74) is 0.133. The Morgan fingerprint density at radius 1 is 1.11 bits per heavy atom. The van der Waals surface area contributed by atoms with Crippen LogP contribution in [0, 0.1) is 0 Å². The lowest BCUT2D eigenvalue weighted by molar-refractivity contribution is -0.137. The maximum absolute atomic E-state index is 12.4. The number of hydrogen-bond acceptors (Lipinski definition) is 3. The fourth-order valence-corrected chi connectivity index (χ4v) is 1.61. The van der Waals surface area contributed by atoms with E-state index in [1.807, 2.05) is 6.92 Å². The second-order valence-electron chi connectivity index (χ2n) is 4.15. The molecule has 0 saturated heterocycles. The van der Waals surface area contributed by atoms with Gasteiger partial charge in [0.2, 0.25) is 0 Å². The number of methoxy groups -OCH3 is 2. The highest BCUT2D eigenvalue weighted by molar-refractivity contribution is 5.26. The number of halogens is 3. The number of hydrogen-bond donors (Lipinski definition) is 1. The van der Waals surface area contributed by atoms with Crippen LogP contribution in [0.15, 0.2) is 24.3 Å². The van der Waals surface area contributed by atoms with Crippen LogP contribution >= 0.6 is 0 Å². The van der Waals surface area contributed by atoms with Crippen LogP contribution in [0.5, 0.6) is 0 Å². The van der Waals surface area contributed by atoms with Gasteiger partial charge in [0, 0.05) is 26.8 Å². The fourth-order valence-electron chi connectivity index (χ4n) is 1.61. The molecule has 0 spiro atoms. The summed E-state index contributed by atoms with van der Waals surface area (Å²) in [6.07, 6.45) is -4.68. The zero-order chi connectivity index (χ0) is 14.5. The lowest BCUT2D eigenvalue weighted by Crippen LogP contribution is -2.31. The van der Waals surface area contributed by atoms with Gasteiger partial charge >= 0.3 is 6.18 Å². The first-order valence-corrected chi connectivity index (χ1v) is 5.84. The summed E-state index contributed by atoms with van der Waals surface area (Å²) in [6.45, 7) is 2.32. The van der Waals surface area contributed by atoms with Crippen molar-refractivity contribution in [2.75, 3.05) is 20.8 Å². The van der Waals surface area contributed by atoms with Crippen LogP contribution in [0.1, 0.15) is 24.1 Å². The normalized spacial score (nSPS) is 13.8. The predicted molar refractivity (Wildman–Crippen MR) is 65.7 cm³/mol. The topological polar surface area (TPSA) is 30.5 Å². The summed E-state index contributed by atoms with van der Waals surface area (Å²) in [5.74, 6) is 0. The van der Waals surface area contributed by atoms with Gasteiger partial charge in [-0.05, 0) is 24.6 Å². The molecule has 1 atom stereocenters. The first-order chi connectivity index (χ1) is 8.88. The summed E-state index contributed by atoms with van der Waals surface area (Å²) in [6, 6.07) is 5.01. The number of alkyl halides is 3. The van der Waals surface area contributed by atoms with Gasteiger partial charge in [0.1, 0.15) is 0 Å². The molecule has 0 radical (unpaired) electrons. The van der Waals surface area contributed by atoms with Crippen molar-refractivity contribution in [3.63, 3.8) is 0 Å². The molecular weight excluding hydrogens is 259 g/mol. The third-order valence-corrected chi connectivity index (χ3v) is 2.85. The molecule has 19 heavy (non-hydrogen) atoms. The molecule has 0 heterocycles. The summed E-state index contributed by atoms with van der Waals surface area (Å²) in [5, 5.41) is 3.13. The molecule has 1 N–H and O–H groups in total. The minimum Gasteiger partial charge on any atom is -0.355 e. The van der Waals surface area contributed by atoms with Gasteiger partial charge in [-0.15, -0.1) is 0 Å². The van der Waals surface area contributed by atoms with Crippen LogP contribution in [-0.4, -0.2) is 27.1 Å². The van der Waals surface area contributed by atoms with Crippen molar-refractivity contribution >= 4 is 0 Å². The lowest BCUT2D eigenvalue weighted by Gasteiger charge is -2.19. The molecule has 0 aliphatic rings. The first kappa shape index (κ1) is 15.9. The highest BCUT2D eigenvalue weighted by Crippen LogP contribution is 2.29. The van der Waals surface area contributed by atoms with E-state index in [0.29, 0.717) is 6.54 Å². The van der Waals surface area contributed by atoms with E-state index in [4.69, 9.17) is 9.47 Å². The summed E-state index contributed by atoms with van der Waals surface area (Å²) < 4.78 is 47.3. The van der Waals surface area contributed by atoms with Crippen LogP contribution in [0.25, 0.3) is 0 Å². The van der Waals surface area contributed by atoms with E-state index in [1.165, 1.54) is 26.4 Å². The molecular formula is C13H18F3NO2. The Morgan fingerprint density at radius 3 is 2.05 bits per heavy atom. The third-order valence-electron chi connectivity index (χ3n) is 2.85. The molecule has 6 heteroatoms. The van der Waals surface area contributed by atoms with Gasteiger partial charge in [-0.25, -0.2) is 0 Å². The molecule has 1 rings (SSSR count). The highest BCUT2D eigenvalue weighted by Gasteiger charge is 2.30. The van der Waals surface area contributed by atoms with Gasteiger partial charge in [0.15, 0.2) is 6.29 Å². The van der Waals surface area contributed by atoms with Crippen molar-refractivity contribution in [1.82, 2.24) is 5.32 Å². The van der Waals surface area contributed by atoms with Crippen LogP contribution in [-0.2, 0) is 15.7 Å². The van der Waals surface area contributed by atoms with Crippen molar-refractivity contribution in [2.45, 2.75) is 25.4 Å². The van der Waals surface area contributed by atoms with Gasteiger partial charge in [-0.3, -0.25) is 0 Å². The Balaban J connectivity index is 2.60.